The van der Waals surface area contributed by atoms with E-state index < -0.39 is 13.6 Å². The van der Waals surface area contributed by atoms with Crippen molar-refractivity contribution in [3.8, 4) is 0 Å². The molecule has 0 aromatic carbocycles. The fraction of sp³-hybridized carbons (Fsp3) is 0. The largest absolute Gasteiger partial charge is 0.250 e. The van der Waals surface area contributed by atoms with E-state index in [1.54, 1.807) is 19.0 Å². The van der Waals surface area contributed by atoms with Crippen LogP contribution in [0.5, 0.6) is 0 Å². The summed E-state index contributed by atoms with van der Waals surface area (Å²) in [5.74, 6) is 0. The Balaban J connectivity index is 0. The van der Waals surface area contributed by atoms with Gasteiger partial charge in [0.05, 0.1) is 0 Å². The number of hydrogen-bond acceptors (Lipinski definition) is 4. The average molecular weight is 359 g/mol. The number of rotatable bonds is 0. The first-order chi connectivity index (χ1) is 9.50. The summed E-state index contributed by atoms with van der Waals surface area (Å²) in [6.07, 6.45) is 16.2. The van der Waals surface area contributed by atoms with Crippen LogP contribution < -0.4 is 35.7 Å². The number of halogens is 1. The SMILES string of the molecule is [Cl-].[O]=[Cr](=[O])([O-])[O-].c1c[nH+]c[nH]1.c1c[nH+]c[nH]1.c1c[nH+]c[nH]1. The van der Waals surface area contributed by atoms with Gasteiger partial charge in [-0.2, -0.15) is 0 Å². The molecule has 0 unspecified atom stereocenters. The molecule has 0 bridgehead atoms. The smallest absolute Gasteiger partial charge is 0.239 e. The first-order valence-corrected chi connectivity index (χ1v) is 7.21. The van der Waals surface area contributed by atoms with E-state index in [1.807, 2.05) is 37.2 Å². The van der Waals surface area contributed by atoms with Gasteiger partial charge in [0.1, 0.15) is 37.2 Å². The molecular weight excluding hydrogens is 344 g/mol. The van der Waals surface area contributed by atoms with Crippen LogP contribution in [-0.4, -0.2) is 15.0 Å². The zero-order valence-corrected chi connectivity index (χ0v) is 12.6. The Morgan fingerprint density at radius 2 is 0.952 bits per heavy atom. The summed E-state index contributed by atoms with van der Waals surface area (Å²) in [4.78, 5) is 16.8. The van der Waals surface area contributed by atoms with Crippen LogP contribution in [0.3, 0.4) is 0 Å². The quantitative estimate of drug-likeness (QED) is 0.363. The molecule has 3 aromatic rings. The normalized spacial score (nSPS) is 8.48. The van der Waals surface area contributed by atoms with Crippen LogP contribution in [0.1, 0.15) is 0 Å². The molecule has 6 N–H and O–H groups in total. The summed E-state index contributed by atoms with van der Waals surface area (Å²) in [5.41, 5.74) is 0. The van der Waals surface area contributed by atoms with Crippen LogP contribution in [0.15, 0.2) is 56.2 Å². The molecule has 0 spiro atoms. The van der Waals surface area contributed by atoms with Crippen molar-refractivity contribution in [2.75, 3.05) is 0 Å². The van der Waals surface area contributed by atoms with E-state index in [2.05, 4.69) is 29.9 Å². The minimum Gasteiger partial charge on any atom is -0.250 e. The number of aromatic amines is 6. The number of aromatic nitrogens is 6. The van der Waals surface area contributed by atoms with E-state index in [4.69, 9.17) is 15.9 Å². The molecule has 0 aliphatic carbocycles. The first kappa shape index (κ1) is 21.3. The van der Waals surface area contributed by atoms with Gasteiger partial charge in [-0.1, -0.05) is 0 Å². The number of nitrogens with one attached hydrogen (secondary N) is 6. The molecule has 0 radical (unpaired) electrons. The topological polar surface area (TPSA) is 170 Å². The van der Waals surface area contributed by atoms with E-state index in [0.29, 0.717) is 0 Å². The van der Waals surface area contributed by atoms with Gasteiger partial charge in [0.2, 0.25) is 19.0 Å². The molecule has 118 valence electrons. The molecule has 3 aromatic heterocycles. The van der Waals surface area contributed by atoms with Gasteiger partial charge >= 0.3 is 29.5 Å². The van der Waals surface area contributed by atoms with Crippen molar-refractivity contribution >= 4 is 0 Å². The molecule has 0 atom stereocenters. The van der Waals surface area contributed by atoms with Crippen LogP contribution >= 0.6 is 0 Å². The monoisotopic (exact) mass is 358 g/mol. The Bertz CT molecular complexity index is 448. The van der Waals surface area contributed by atoms with Crippen LogP contribution in [0, 0.1) is 0 Å². The molecule has 0 aliphatic rings. The molecule has 0 saturated heterocycles. The Hall–Kier alpha value is -2.03. The second-order valence-electron chi connectivity index (χ2n) is 2.84. The van der Waals surface area contributed by atoms with Crippen LogP contribution in [0.4, 0.5) is 0 Å². The third-order valence-corrected chi connectivity index (χ3v) is 1.33. The van der Waals surface area contributed by atoms with Crippen molar-refractivity contribution in [1.29, 1.82) is 0 Å². The summed E-state index contributed by atoms with van der Waals surface area (Å²) in [5, 5.41) is 0. The average Bonchev–Trinajstić information content (AvgIpc) is 3.17. The van der Waals surface area contributed by atoms with Gasteiger partial charge in [-0.25, -0.2) is 0 Å². The van der Waals surface area contributed by atoms with Gasteiger partial charge in [0.25, 0.3) is 0 Å². The molecule has 21 heavy (non-hydrogen) atoms. The Labute approximate surface area is 128 Å². The summed E-state index contributed by atoms with van der Waals surface area (Å²) < 4.78 is 34.4. The van der Waals surface area contributed by atoms with Crippen molar-refractivity contribution in [3.05, 3.63) is 56.2 Å². The second kappa shape index (κ2) is 14.4. The molecular formula is C9H15ClCrN6O4. The Morgan fingerprint density at radius 1 is 0.714 bits per heavy atom. The minimum atomic E-state index is -5.75. The molecule has 0 fully saturated rings. The summed E-state index contributed by atoms with van der Waals surface area (Å²) in [6.45, 7) is 0. The van der Waals surface area contributed by atoms with E-state index in [9.17, 15) is 0 Å². The van der Waals surface area contributed by atoms with Crippen LogP contribution in [0.25, 0.3) is 0 Å². The van der Waals surface area contributed by atoms with Gasteiger partial charge in [0.15, 0.2) is 0 Å². The van der Waals surface area contributed by atoms with E-state index in [1.165, 1.54) is 0 Å². The van der Waals surface area contributed by atoms with Crippen molar-refractivity contribution in [2.24, 2.45) is 0 Å². The van der Waals surface area contributed by atoms with Gasteiger partial charge in [0, 0.05) is 0 Å². The van der Waals surface area contributed by atoms with Crippen molar-refractivity contribution < 1.29 is 56.9 Å². The third-order valence-electron chi connectivity index (χ3n) is 1.33. The van der Waals surface area contributed by atoms with E-state index >= 15 is 0 Å². The number of H-pyrrole nitrogens is 6. The fourth-order valence-corrected chi connectivity index (χ4v) is 0.722. The van der Waals surface area contributed by atoms with Crippen LogP contribution in [0.2, 0.25) is 0 Å². The minimum absolute atomic E-state index is 0. The molecule has 12 heteroatoms. The molecule has 0 aliphatic heterocycles. The predicted molar refractivity (Wildman–Crippen MR) is 53.4 cm³/mol. The Kier molecular flexibility index (Phi) is 14.6. The van der Waals surface area contributed by atoms with Gasteiger partial charge < -0.3 is 12.4 Å². The third kappa shape index (κ3) is 27.2. The molecule has 3 heterocycles. The summed E-state index contributed by atoms with van der Waals surface area (Å²) in [6, 6.07) is 0. The van der Waals surface area contributed by atoms with Crippen molar-refractivity contribution in [2.45, 2.75) is 0 Å². The maximum absolute atomic E-state index is 8.59. The second-order valence-corrected chi connectivity index (χ2v) is 4.12. The molecule has 0 amide bonds. The summed E-state index contributed by atoms with van der Waals surface area (Å²) >= 11 is -5.75. The maximum atomic E-state index is 8.59. The Morgan fingerprint density at radius 3 is 1.00 bits per heavy atom. The number of hydrogen-bond donors (Lipinski definition) is 3. The standard InChI is InChI=1S/3C3H4N2.ClH.Cr.4O/c3*1-2-5-3-4-1;;;;;;/h3*1-3H,(H,4,5);1H;;;;;/q;;;;;;;2*-1/p+2. The van der Waals surface area contributed by atoms with Gasteiger partial charge in [-0.3, -0.25) is 29.9 Å². The van der Waals surface area contributed by atoms with Gasteiger partial charge in [-0.15, -0.1) is 0 Å². The van der Waals surface area contributed by atoms with Crippen molar-refractivity contribution in [1.82, 2.24) is 15.0 Å². The van der Waals surface area contributed by atoms with Crippen molar-refractivity contribution in [3.63, 3.8) is 0 Å². The van der Waals surface area contributed by atoms with E-state index in [0.717, 1.165) is 0 Å². The fourth-order valence-electron chi connectivity index (χ4n) is 0.722. The zero-order chi connectivity index (χ0) is 15.1. The zero-order valence-electron chi connectivity index (χ0n) is 10.6. The first-order valence-electron chi connectivity index (χ1n) is 5.13. The molecule has 3 rings (SSSR count). The van der Waals surface area contributed by atoms with Gasteiger partial charge in [-0.05, 0) is 0 Å². The molecule has 10 nitrogen and oxygen atoms in total. The summed E-state index contributed by atoms with van der Waals surface area (Å²) in [7, 11) is 0. The van der Waals surface area contributed by atoms with Crippen LogP contribution in [-0.2, 0) is 21.2 Å². The molecule has 0 saturated carbocycles. The predicted octanol–water partition coefficient (Wildman–Crippen LogP) is -6.13. The maximum Gasteiger partial charge on any atom is 0.239 e. The number of imidazole rings is 3. The van der Waals surface area contributed by atoms with E-state index in [-0.39, 0.29) is 12.4 Å².